The monoisotopic (exact) mass is 537 g/mol. The van der Waals surface area contributed by atoms with Gasteiger partial charge in [0.15, 0.2) is 5.65 Å². The number of rotatable bonds is 2. The van der Waals surface area contributed by atoms with Gasteiger partial charge in [0.05, 0.1) is 6.42 Å². The van der Waals surface area contributed by atoms with Crippen LogP contribution in [-0.2, 0) is 30.7 Å². The van der Waals surface area contributed by atoms with E-state index in [2.05, 4.69) is 41.5 Å². The quantitative estimate of drug-likeness (QED) is 0.369. The molecule has 2 aromatic carbocycles. The lowest BCUT2D eigenvalue weighted by Crippen LogP contribution is -2.36. The molecule has 1 atom stereocenters. The van der Waals surface area contributed by atoms with Crippen molar-refractivity contribution in [3.8, 4) is 0 Å². The van der Waals surface area contributed by atoms with E-state index in [1.807, 2.05) is 34.8 Å². The number of carbonyl (C=O) groups is 2. The third kappa shape index (κ3) is 4.98. The lowest BCUT2D eigenvalue weighted by Gasteiger charge is -2.31. The molecule has 9 bridgehead atoms. The molecule has 0 aliphatic carbocycles. The molecule has 0 fully saturated rings. The van der Waals surface area contributed by atoms with E-state index in [0.717, 1.165) is 84.1 Å². The predicted molar refractivity (Wildman–Crippen MR) is 152 cm³/mol. The summed E-state index contributed by atoms with van der Waals surface area (Å²) < 4.78 is 1.87. The number of carboxylic acids is 1. The third-order valence-electron chi connectivity index (χ3n) is 8.63. The maximum atomic E-state index is 13.5. The van der Waals surface area contributed by atoms with E-state index in [1.165, 1.54) is 11.1 Å². The summed E-state index contributed by atoms with van der Waals surface area (Å²) in [6, 6.07) is 12.3. The van der Waals surface area contributed by atoms with E-state index < -0.39 is 5.97 Å². The fourth-order valence-corrected chi connectivity index (χ4v) is 6.39. The first-order valence-corrected chi connectivity index (χ1v) is 14.3. The molecule has 1 amide bonds. The zero-order valence-corrected chi connectivity index (χ0v) is 23.2. The van der Waals surface area contributed by atoms with E-state index in [9.17, 15) is 14.7 Å². The van der Waals surface area contributed by atoms with Gasteiger partial charge in [0.1, 0.15) is 5.52 Å². The normalized spacial score (nSPS) is 17.9. The van der Waals surface area contributed by atoms with Crippen molar-refractivity contribution in [2.24, 2.45) is 0 Å². The molecule has 0 spiro atoms. The Labute approximate surface area is 234 Å². The Morgan fingerprint density at radius 3 is 2.62 bits per heavy atom. The van der Waals surface area contributed by atoms with Crippen LogP contribution in [0.2, 0.25) is 0 Å². The van der Waals surface area contributed by atoms with Gasteiger partial charge in [0.25, 0.3) is 5.91 Å². The van der Waals surface area contributed by atoms with E-state index in [1.54, 1.807) is 0 Å². The summed E-state index contributed by atoms with van der Waals surface area (Å²) in [6.07, 6.45) is 7.82. The number of aliphatic carboxylic acids is 1. The van der Waals surface area contributed by atoms with Gasteiger partial charge in [-0.05, 0) is 90.6 Å². The van der Waals surface area contributed by atoms with Crippen molar-refractivity contribution in [1.29, 1.82) is 0 Å². The molecule has 206 valence electrons. The number of pyridine rings is 1. The highest BCUT2D eigenvalue weighted by atomic mass is 16.4. The zero-order valence-electron chi connectivity index (χ0n) is 23.2. The second-order valence-corrected chi connectivity index (χ2v) is 11.3. The molecule has 8 nitrogen and oxygen atoms in total. The fraction of sp³-hybridized carbons (Fsp3) is 0.406. The molecule has 40 heavy (non-hydrogen) atoms. The third-order valence-corrected chi connectivity index (χ3v) is 8.63. The van der Waals surface area contributed by atoms with Crippen molar-refractivity contribution < 1.29 is 14.7 Å². The van der Waals surface area contributed by atoms with Gasteiger partial charge in [-0.3, -0.25) is 9.59 Å². The number of aromatic nitrogens is 4. The zero-order chi connectivity index (χ0) is 27.8. The van der Waals surface area contributed by atoms with Gasteiger partial charge < -0.3 is 10.0 Å². The summed E-state index contributed by atoms with van der Waals surface area (Å²) in [5, 5.41) is 18.8. The molecule has 4 aromatic rings. The molecule has 1 N–H and O–H groups in total. The number of amides is 1. The van der Waals surface area contributed by atoms with Gasteiger partial charge in [-0.15, -0.1) is 5.10 Å². The van der Waals surface area contributed by atoms with E-state index >= 15 is 0 Å². The fourth-order valence-electron chi connectivity index (χ4n) is 6.39. The maximum absolute atomic E-state index is 13.5. The van der Waals surface area contributed by atoms with Gasteiger partial charge >= 0.3 is 5.97 Å². The van der Waals surface area contributed by atoms with Crippen LogP contribution in [0.1, 0.15) is 87.3 Å². The molecule has 5 aliphatic rings. The first kappa shape index (κ1) is 26.2. The number of carboxylic acid groups (broad SMARTS) is 1. The Morgan fingerprint density at radius 1 is 1.02 bits per heavy atom. The SMILES string of the molecule is Cc1cc2cc3c1CCN(C3)C(=O)c1ccc(cc1)CCCCCCn1nnc3c(C)c(cnc31)[C@@H]2CC(=O)O. The van der Waals surface area contributed by atoms with Crippen molar-refractivity contribution in [3.63, 3.8) is 0 Å². The Balaban J connectivity index is 1.44. The van der Waals surface area contributed by atoms with E-state index in [4.69, 9.17) is 4.98 Å². The summed E-state index contributed by atoms with van der Waals surface area (Å²) in [7, 11) is 0. The van der Waals surface area contributed by atoms with Gasteiger partial charge in [0, 0.05) is 37.3 Å². The van der Waals surface area contributed by atoms with Crippen LogP contribution in [0.15, 0.2) is 42.6 Å². The van der Waals surface area contributed by atoms with E-state index in [-0.39, 0.29) is 18.2 Å². The van der Waals surface area contributed by atoms with Gasteiger partial charge in [0.2, 0.25) is 0 Å². The van der Waals surface area contributed by atoms with Gasteiger partial charge in [-0.2, -0.15) is 0 Å². The molecule has 8 heteroatoms. The summed E-state index contributed by atoms with van der Waals surface area (Å²) >= 11 is 0. The van der Waals surface area contributed by atoms with Crippen LogP contribution in [0.3, 0.4) is 0 Å². The second-order valence-electron chi connectivity index (χ2n) is 11.3. The molecular formula is C32H35N5O3. The summed E-state index contributed by atoms with van der Waals surface area (Å²) in [5.74, 6) is -1.22. The predicted octanol–water partition coefficient (Wildman–Crippen LogP) is 5.36. The number of carbonyl (C=O) groups excluding carboxylic acids is 1. The Hall–Kier alpha value is -4.07. The topological polar surface area (TPSA) is 101 Å². The summed E-state index contributed by atoms with van der Waals surface area (Å²) in [5.41, 5.74) is 9.60. The van der Waals surface area contributed by atoms with Crippen LogP contribution in [0.5, 0.6) is 0 Å². The molecule has 7 heterocycles. The van der Waals surface area contributed by atoms with Crippen molar-refractivity contribution in [1.82, 2.24) is 24.9 Å². The molecule has 9 rings (SSSR count). The minimum absolute atomic E-state index is 0.0399. The van der Waals surface area contributed by atoms with Gasteiger partial charge in [-0.25, -0.2) is 9.67 Å². The first-order valence-electron chi connectivity index (χ1n) is 14.3. The Morgan fingerprint density at radius 2 is 1.82 bits per heavy atom. The van der Waals surface area contributed by atoms with Crippen LogP contribution < -0.4 is 0 Å². The molecule has 2 aromatic heterocycles. The van der Waals surface area contributed by atoms with Crippen LogP contribution in [-0.4, -0.2) is 48.4 Å². The molecule has 0 unspecified atom stereocenters. The van der Waals surface area contributed by atoms with Crippen LogP contribution >= 0.6 is 0 Å². The number of nitrogens with zero attached hydrogens (tertiary/aromatic N) is 5. The standard InChI is InChI=1S/C32H35N5O3/c1-20-15-24-16-25-19-36(14-12-26(20)25)32(40)23-10-8-22(9-11-23)7-5-3-4-6-13-37-31-30(34-35-37)21(2)28(18-33-31)27(24)17-29(38)39/h8-11,15-16,18,27H,3-7,12-14,17,19H2,1-2H3,(H,38,39)/t27-/m1/s1. The first-order chi connectivity index (χ1) is 19.4. The van der Waals surface area contributed by atoms with Crippen molar-refractivity contribution >= 4 is 23.0 Å². The smallest absolute Gasteiger partial charge is 0.304 e. The van der Waals surface area contributed by atoms with Crippen molar-refractivity contribution in [3.05, 3.63) is 87.1 Å². The summed E-state index contributed by atoms with van der Waals surface area (Å²) in [6.45, 7) is 6.00. The van der Waals surface area contributed by atoms with Gasteiger partial charge in [-0.1, -0.05) is 42.3 Å². The lowest BCUT2D eigenvalue weighted by molar-refractivity contribution is -0.137. The second kappa shape index (κ2) is 10.8. The minimum Gasteiger partial charge on any atom is -0.481 e. The average Bonchev–Trinajstić information content (AvgIpc) is 3.37. The Kier molecular flexibility index (Phi) is 7.09. The maximum Gasteiger partial charge on any atom is 0.304 e. The largest absolute Gasteiger partial charge is 0.481 e. The highest BCUT2D eigenvalue weighted by Crippen LogP contribution is 2.36. The molecule has 0 saturated heterocycles. The number of benzene rings is 2. The highest BCUT2D eigenvalue weighted by Gasteiger charge is 2.27. The van der Waals surface area contributed by atoms with Crippen LogP contribution in [0, 0.1) is 13.8 Å². The number of hydrogen-bond acceptors (Lipinski definition) is 5. The molecule has 5 aliphatic heterocycles. The Bertz CT molecular complexity index is 1590. The molecule has 0 saturated carbocycles. The minimum atomic E-state index is -0.870. The number of hydrogen-bond donors (Lipinski definition) is 1. The van der Waals surface area contributed by atoms with E-state index in [0.29, 0.717) is 18.7 Å². The van der Waals surface area contributed by atoms with Crippen molar-refractivity contribution in [2.75, 3.05) is 6.54 Å². The highest BCUT2D eigenvalue weighted by molar-refractivity contribution is 5.94. The van der Waals surface area contributed by atoms with Crippen LogP contribution in [0.25, 0.3) is 11.2 Å². The van der Waals surface area contributed by atoms with Crippen LogP contribution in [0.4, 0.5) is 0 Å². The van der Waals surface area contributed by atoms with Crippen molar-refractivity contribution in [2.45, 2.75) is 77.8 Å². The summed E-state index contributed by atoms with van der Waals surface area (Å²) in [4.78, 5) is 32.2. The molecule has 0 radical (unpaired) electrons. The number of aryl methyl sites for hydroxylation is 4. The molecular weight excluding hydrogens is 502 g/mol. The average molecular weight is 538 g/mol. The lowest BCUT2D eigenvalue weighted by atomic mass is 9.83.